The number of imidazole rings is 1. The standard InChI is InChI=1S/C15H14F3N5O2/c1-8-7-23-14(22(8)2)10(6-21-23)5-19-12(24)9-3-11(16)13(20-4-9)25-15(17)18/h3-4,6-7,15H,5H2,1-2H3,(H,19,24). The number of alkyl halides is 2. The first-order valence-electron chi connectivity index (χ1n) is 7.24. The van der Waals surface area contributed by atoms with Gasteiger partial charge in [0.1, 0.15) is 5.65 Å². The molecule has 25 heavy (non-hydrogen) atoms. The van der Waals surface area contributed by atoms with Crippen LogP contribution in [0, 0.1) is 12.7 Å². The molecule has 0 aliphatic carbocycles. The van der Waals surface area contributed by atoms with Gasteiger partial charge >= 0.3 is 6.61 Å². The van der Waals surface area contributed by atoms with Crippen LogP contribution in [-0.4, -0.2) is 31.7 Å². The van der Waals surface area contributed by atoms with Crippen LogP contribution in [0.2, 0.25) is 0 Å². The van der Waals surface area contributed by atoms with E-state index < -0.39 is 24.2 Å². The molecule has 0 aromatic carbocycles. The van der Waals surface area contributed by atoms with Gasteiger partial charge < -0.3 is 14.6 Å². The maximum Gasteiger partial charge on any atom is 0.388 e. The van der Waals surface area contributed by atoms with E-state index >= 15 is 0 Å². The minimum atomic E-state index is -3.19. The third-order valence-electron chi connectivity index (χ3n) is 3.71. The second-order valence-electron chi connectivity index (χ2n) is 5.34. The van der Waals surface area contributed by atoms with Crippen LogP contribution < -0.4 is 10.1 Å². The van der Waals surface area contributed by atoms with Gasteiger partial charge in [0.25, 0.3) is 11.8 Å². The smallest absolute Gasteiger partial charge is 0.388 e. The van der Waals surface area contributed by atoms with E-state index in [0.29, 0.717) is 0 Å². The quantitative estimate of drug-likeness (QED) is 0.762. The fraction of sp³-hybridized carbons (Fsp3) is 0.267. The van der Waals surface area contributed by atoms with Gasteiger partial charge in [0.05, 0.1) is 18.0 Å². The number of carbonyl (C=O) groups is 1. The highest BCUT2D eigenvalue weighted by Crippen LogP contribution is 2.17. The molecular weight excluding hydrogens is 339 g/mol. The number of pyridine rings is 1. The number of rotatable bonds is 5. The number of amides is 1. The number of aryl methyl sites for hydroxylation is 2. The number of ether oxygens (including phenoxy) is 1. The van der Waals surface area contributed by atoms with Crippen LogP contribution in [0.1, 0.15) is 21.6 Å². The van der Waals surface area contributed by atoms with Crippen molar-refractivity contribution in [3.8, 4) is 5.88 Å². The van der Waals surface area contributed by atoms with E-state index in [1.165, 1.54) is 0 Å². The monoisotopic (exact) mass is 353 g/mol. The summed E-state index contributed by atoms with van der Waals surface area (Å²) in [6.45, 7) is -1.11. The molecule has 1 amide bonds. The molecule has 0 atom stereocenters. The molecule has 0 aliphatic rings. The molecule has 10 heteroatoms. The zero-order valence-corrected chi connectivity index (χ0v) is 13.3. The first-order chi connectivity index (χ1) is 11.9. The summed E-state index contributed by atoms with van der Waals surface area (Å²) >= 11 is 0. The van der Waals surface area contributed by atoms with Crippen LogP contribution in [0.4, 0.5) is 13.2 Å². The summed E-state index contributed by atoms with van der Waals surface area (Å²) in [5.74, 6) is -2.59. The topological polar surface area (TPSA) is 73.4 Å². The zero-order valence-electron chi connectivity index (χ0n) is 13.3. The molecule has 3 heterocycles. The lowest BCUT2D eigenvalue weighted by molar-refractivity contribution is -0.0553. The van der Waals surface area contributed by atoms with Crippen LogP contribution in [0.25, 0.3) is 5.65 Å². The van der Waals surface area contributed by atoms with Crippen molar-refractivity contribution in [2.45, 2.75) is 20.1 Å². The Morgan fingerprint density at radius 3 is 2.84 bits per heavy atom. The second-order valence-corrected chi connectivity index (χ2v) is 5.34. The van der Waals surface area contributed by atoms with Gasteiger partial charge in [-0.1, -0.05) is 0 Å². The summed E-state index contributed by atoms with van der Waals surface area (Å²) in [6, 6.07) is 0.792. The predicted octanol–water partition coefficient (Wildman–Crippen LogP) is 2.05. The van der Waals surface area contributed by atoms with Gasteiger partial charge in [0.2, 0.25) is 0 Å². The number of nitrogens with one attached hydrogen (secondary N) is 1. The van der Waals surface area contributed by atoms with Gasteiger partial charge in [0, 0.05) is 31.0 Å². The fourth-order valence-electron chi connectivity index (χ4n) is 2.41. The minimum Gasteiger partial charge on any atom is -0.414 e. The summed E-state index contributed by atoms with van der Waals surface area (Å²) in [7, 11) is 1.87. The highest BCUT2D eigenvalue weighted by atomic mass is 19.3. The number of nitrogens with zero attached hydrogens (tertiary/aromatic N) is 4. The summed E-state index contributed by atoms with van der Waals surface area (Å²) in [5.41, 5.74) is 2.49. The number of halogens is 3. The van der Waals surface area contributed by atoms with Gasteiger partial charge in [-0.3, -0.25) is 4.79 Å². The molecule has 7 nitrogen and oxygen atoms in total. The first kappa shape index (κ1) is 16.8. The van der Waals surface area contributed by atoms with E-state index in [9.17, 15) is 18.0 Å². The predicted molar refractivity (Wildman–Crippen MR) is 80.9 cm³/mol. The van der Waals surface area contributed by atoms with E-state index in [1.54, 1.807) is 10.7 Å². The van der Waals surface area contributed by atoms with E-state index in [-0.39, 0.29) is 12.1 Å². The Kier molecular flexibility index (Phi) is 4.34. The Hall–Kier alpha value is -3.04. The van der Waals surface area contributed by atoms with Gasteiger partial charge in [-0.15, -0.1) is 0 Å². The SMILES string of the molecule is Cc1cn2ncc(CNC(=O)c3cnc(OC(F)F)c(F)c3)c2n1C. The molecule has 0 fully saturated rings. The highest BCUT2D eigenvalue weighted by Gasteiger charge is 2.16. The van der Waals surface area contributed by atoms with Crippen LogP contribution in [-0.2, 0) is 13.6 Å². The fourth-order valence-corrected chi connectivity index (χ4v) is 2.41. The van der Waals surface area contributed by atoms with Gasteiger partial charge in [-0.05, 0) is 13.0 Å². The molecule has 1 N–H and O–H groups in total. The average molecular weight is 353 g/mol. The van der Waals surface area contributed by atoms with Crippen molar-refractivity contribution in [2.75, 3.05) is 0 Å². The lowest BCUT2D eigenvalue weighted by Crippen LogP contribution is -2.23. The molecular formula is C15H14F3N5O2. The molecule has 0 radical (unpaired) electrons. The van der Waals surface area contributed by atoms with E-state index in [1.807, 2.05) is 24.7 Å². The Bertz CT molecular complexity index is 935. The molecule has 0 saturated carbocycles. The lowest BCUT2D eigenvalue weighted by Gasteiger charge is -2.07. The number of carbonyl (C=O) groups excluding carboxylic acids is 1. The third-order valence-corrected chi connectivity index (χ3v) is 3.71. The molecule has 3 aromatic heterocycles. The highest BCUT2D eigenvalue weighted by molar-refractivity contribution is 5.94. The molecule has 0 bridgehead atoms. The van der Waals surface area contributed by atoms with Gasteiger partial charge in [0.15, 0.2) is 5.82 Å². The van der Waals surface area contributed by atoms with E-state index in [0.717, 1.165) is 29.2 Å². The molecule has 132 valence electrons. The van der Waals surface area contributed by atoms with Crippen molar-refractivity contribution in [1.29, 1.82) is 0 Å². The number of fused-ring (bicyclic) bond motifs is 1. The van der Waals surface area contributed by atoms with Crippen LogP contribution in [0.15, 0.2) is 24.7 Å². The summed E-state index contributed by atoms with van der Waals surface area (Å²) in [5, 5.41) is 6.81. The normalized spacial score (nSPS) is 11.3. The van der Waals surface area contributed by atoms with E-state index in [2.05, 4.69) is 20.1 Å². The maximum absolute atomic E-state index is 13.6. The largest absolute Gasteiger partial charge is 0.414 e. The summed E-state index contributed by atoms with van der Waals surface area (Å²) in [4.78, 5) is 15.5. The van der Waals surface area contributed by atoms with Crippen molar-refractivity contribution in [3.63, 3.8) is 0 Å². The lowest BCUT2D eigenvalue weighted by atomic mass is 10.2. The molecule has 0 unspecified atom stereocenters. The summed E-state index contributed by atoms with van der Waals surface area (Å²) in [6.07, 6.45) is 4.44. The van der Waals surface area contributed by atoms with Crippen molar-refractivity contribution >= 4 is 11.6 Å². The number of hydrogen-bond acceptors (Lipinski definition) is 4. The average Bonchev–Trinajstić information content (AvgIpc) is 3.07. The Labute approximate surface area is 140 Å². The Balaban J connectivity index is 1.73. The van der Waals surface area contributed by atoms with E-state index in [4.69, 9.17) is 0 Å². The number of hydrogen-bond donors (Lipinski definition) is 1. The number of aromatic nitrogens is 4. The van der Waals surface area contributed by atoms with Crippen molar-refractivity contribution < 1.29 is 22.7 Å². The molecule has 3 rings (SSSR count). The zero-order chi connectivity index (χ0) is 18.1. The first-order valence-corrected chi connectivity index (χ1v) is 7.24. The van der Waals surface area contributed by atoms with Crippen molar-refractivity contribution in [2.24, 2.45) is 7.05 Å². The molecule has 3 aromatic rings. The molecule has 0 spiro atoms. The minimum absolute atomic E-state index is 0.106. The molecule has 0 aliphatic heterocycles. The second kappa shape index (κ2) is 6.46. The van der Waals surface area contributed by atoms with Crippen LogP contribution >= 0.6 is 0 Å². The van der Waals surface area contributed by atoms with Crippen LogP contribution in [0.5, 0.6) is 5.88 Å². The van der Waals surface area contributed by atoms with Crippen molar-refractivity contribution in [1.82, 2.24) is 24.5 Å². The summed E-state index contributed by atoms with van der Waals surface area (Å²) < 4.78 is 45.3. The van der Waals surface area contributed by atoms with Gasteiger partial charge in [-0.25, -0.2) is 13.9 Å². The maximum atomic E-state index is 13.6. The third kappa shape index (κ3) is 3.28. The Morgan fingerprint density at radius 2 is 2.16 bits per heavy atom. The van der Waals surface area contributed by atoms with Crippen molar-refractivity contribution in [3.05, 3.63) is 47.3 Å². The van der Waals surface area contributed by atoms with Gasteiger partial charge in [-0.2, -0.15) is 13.9 Å². The van der Waals surface area contributed by atoms with Crippen LogP contribution in [0.3, 0.4) is 0 Å². The molecule has 0 saturated heterocycles. The Morgan fingerprint density at radius 1 is 1.40 bits per heavy atom.